The van der Waals surface area contributed by atoms with Crippen LogP contribution in [0.25, 0.3) is 0 Å². The fraction of sp³-hybridized carbons (Fsp3) is 0.294. The lowest BCUT2D eigenvalue weighted by molar-refractivity contribution is 0.0740. The monoisotopic (exact) mass is 299 g/mol. The molecule has 0 radical (unpaired) electrons. The molecule has 0 spiro atoms. The molecule has 4 nitrogen and oxygen atoms in total. The van der Waals surface area contributed by atoms with E-state index in [2.05, 4.69) is 4.98 Å². The van der Waals surface area contributed by atoms with E-state index in [4.69, 9.17) is 0 Å². The Bertz CT molecular complexity index is 681. The number of carbonyl (C=O) groups excluding carboxylic acids is 1. The molecule has 0 N–H and O–H groups in total. The third-order valence-electron chi connectivity index (χ3n) is 3.87. The maximum absolute atomic E-state index is 13.8. The quantitative estimate of drug-likeness (QED) is 0.855. The number of carbonyl (C=O) groups is 1. The molecule has 1 aromatic heterocycles. The van der Waals surface area contributed by atoms with Gasteiger partial charge in [-0.1, -0.05) is 18.2 Å². The Hall–Kier alpha value is -2.43. The van der Waals surface area contributed by atoms with Gasteiger partial charge in [-0.05, 0) is 31.2 Å². The number of aromatic nitrogens is 1. The number of benzene rings is 1. The van der Waals surface area contributed by atoms with Crippen LogP contribution in [0, 0.1) is 12.7 Å². The second-order valence-electron chi connectivity index (χ2n) is 5.39. The zero-order chi connectivity index (χ0) is 15.5. The van der Waals surface area contributed by atoms with Crippen LogP contribution >= 0.6 is 0 Å². The van der Waals surface area contributed by atoms with Crippen molar-refractivity contribution in [1.82, 2.24) is 9.88 Å². The smallest absolute Gasteiger partial charge is 0.272 e. The molecule has 0 aliphatic carbocycles. The molecular formula is C17H18FN3O. The highest BCUT2D eigenvalue weighted by molar-refractivity contribution is 5.92. The predicted octanol–water partition coefficient (Wildman–Crippen LogP) is 2.49. The van der Waals surface area contributed by atoms with Crippen LogP contribution in [0.15, 0.2) is 42.5 Å². The summed E-state index contributed by atoms with van der Waals surface area (Å²) in [7, 11) is 0. The van der Waals surface area contributed by atoms with Crippen LogP contribution in [0.5, 0.6) is 0 Å². The van der Waals surface area contributed by atoms with Crippen molar-refractivity contribution in [2.24, 2.45) is 0 Å². The number of amides is 1. The Morgan fingerprint density at radius 2 is 1.77 bits per heavy atom. The van der Waals surface area contributed by atoms with Crippen LogP contribution in [0.3, 0.4) is 0 Å². The van der Waals surface area contributed by atoms with E-state index in [-0.39, 0.29) is 11.7 Å². The second kappa shape index (κ2) is 6.13. The summed E-state index contributed by atoms with van der Waals surface area (Å²) in [6.07, 6.45) is 0. The van der Waals surface area contributed by atoms with Crippen LogP contribution in [-0.2, 0) is 0 Å². The summed E-state index contributed by atoms with van der Waals surface area (Å²) in [6.45, 7) is 4.26. The lowest BCUT2D eigenvalue weighted by Crippen LogP contribution is -2.49. The van der Waals surface area contributed by atoms with Crippen molar-refractivity contribution >= 4 is 11.6 Å². The average molecular weight is 299 g/mol. The number of aryl methyl sites for hydroxylation is 1. The number of para-hydroxylation sites is 1. The molecule has 1 aromatic carbocycles. The maximum Gasteiger partial charge on any atom is 0.272 e. The van der Waals surface area contributed by atoms with E-state index in [0.717, 1.165) is 5.69 Å². The van der Waals surface area contributed by atoms with Crippen molar-refractivity contribution in [3.63, 3.8) is 0 Å². The van der Waals surface area contributed by atoms with Crippen molar-refractivity contribution in [3.05, 3.63) is 59.7 Å². The van der Waals surface area contributed by atoms with Crippen molar-refractivity contribution in [2.45, 2.75) is 6.92 Å². The molecular weight excluding hydrogens is 281 g/mol. The first-order valence-electron chi connectivity index (χ1n) is 7.37. The SMILES string of the molecule is Cc1cccc(C(=O)N2CCN(c3ccccc3F)CC2)n1. The van der Waals surface area contributed by atoms with E-state index in [1.54, 1.807) is 23.1 Å². The zero-order valence-electron chi connectivity index (χ0n) is 12.5. The molecule has 0 bridgehead atoms. The number of anilines is 1. The first kappa shape index (κ1) is 14.5. The summed E-state index contributed by atoms with van der Waals surface area (Å²) in [6, 6.07) is 12.2. The molecule has 3 rings (SSSR count). The van der Waals surface area contributed by atoms with Crippen molar-refractivity contribution in [3.8, 4) is 0 Å². The number of hydrogen-bond donors (Lipinski definition) is 0. The van der Waals surface area contributed by atoms with Gasteiger partial charge in [-0.25, -0.2) is 9.37 Å². The normalized spacial score (nSPS) is 15.0. The number of hydrogen-bond acceptors (Lipinski definition) is 3. The van der Waals surface area contributed by atoms with Gasteiger partial charge < -0.3 is 9.80 Å². The highest BCUT2D eigenvalue weighted by Crippen LogP contribution is 2.20. The molecule has 5 heteroatoms. The summed E-state index contributed by atoms with van der Waals surface area (Å²) in [4.78, 5) is 20.5. The van der Waals surface area contributed by atoms with Crippen LogP contribution in [0.4, 0.5) is 10.1 Å². The van der Waals surface area contributed by atoms with Crippen LogP contribution in [0.2, 0.25) is 0 Å². The molecule has 114 valence electrons. The van der Waals surface area contributed by atoms with E-state index in [1.807, 2.05) is 30.0 Å². The molecule has 1 amide bonds. The summed E-state index contributed by atoms with van der Waals surface area (Å²) in [5.41, 5.74) is 1.90. The number of pyridine rings is 1. The van der Waals surface area contributed by atoms with Crippen molar-refractivity contribution in [2.75, 3.05) is 31.1 Å². The van der Waals surface area contributed by atoms with Gasteiger partial charge in [-0.3, -0.25) is 4.79 Å². The van der Waals surface area contributed by atoms with Gasteiger partial charge in [0.15, 0.2) is 0 Å². The fourth-order valence-corrected chi connectivity index (χ4v) is 2.68. The van der Waals surface area contributed by atoms with E-state index in [0.29, 0.717) is 37.6 Å². The maximum atomic E-state index is 13.8. The van der Waals surface area contributed by atoms with E-state index in [1.165, 1.54) is 6.07 Å². The molecule has 1 aliphatic heterocycles. The Kier molecular flexibility index (Phi) is 4.04. The largest absolute Gasteiger partial charge is 0.366 e. The minimum Gasteiger partial charge on any atom is -0.366 e. The Morgan fingerprint density at radius 3 is 2.45 bits per heavy atom. The van der Waals surface area contributed by atoms with Crippen molar-refractivity contribution in [1.29, 1.82) is 0 Å². The molecule has 1 aliphatic rings. The molecule has 1 saturated heterocycles. The number of piperazine rings is 1. The van der Waals surface area contributed by atoms with Gasteiger partial charge in [0.1, 0.15) is 11.5 Å². The van der Waals surface area contributed by atoms with E-state index < -0.39 is 0 Å². The number of nitrogens with zero attached hydrogens (tertiary/aromatic N) is 3. The minimum absolute atomic E-state index is 0.0584. The van der Waals surface area contributed by atoms with Crippen LogP contribution < -0.4 is 4.90 Å². The van der Waals surface area contributed by atoms with Gasteiger partial charge in [-0.15, -0.1) is 0 Å². The van der Waals surface area contributed by atoms with Gasteiger partial charge in [0.25, 0.3) is 5.91 Å². The lowest BCUT2D eigenvalue weighted by atomic mass is 10.2. The highest BCUT2D eigenvalue weighted by atomic mass is 19.1. The summed E-state index contributed by atoms with van der Waals surface area (Å²) < 4.78 is 13.8. The molecule has 1 fully saturated rings. The lowest BCUT2D eigenvalue weighted by Gasteiger charge is -2.36. The third kappa shape index (κ3) is 2.93. The predicted molar refractivity (Wildman–Crippen MR) is 83.5 cm³/mol. The van der Waals surface area contributed by atoms with E-state index in [9.17, 15) is 9.18 Å². The van der Waals surface area contributed by atoms with Gasteiger partial charge in [0, 0.05) is 31.9 Å². The Balaban J connectivity index is 1.67. The molecule has 0 atom stereocenters. The molecule has 0 saturated carbocycles. The first-order valence-corrected chi connectivity index (χ1v) is 7.37. The zero-order valence-corrected chi connectivity index (χ0v) is 12.5. The Morgan fingerprint density at radius 1 is 1.05 bits per heavy atom. The minimum atomic E-state index is -0.220. The van der Waals surface area contributed by atoms with Crippen molar-refractivity contribution < 1.29 is 9.18 Å². The average Bonchev–Trinajstić information content (AvgIpc) is 2.55. The van der Waals surface area contributed by atoms with Gasteiger partial charge >= 0.3 is 0 Å². The van der Waals surface area contributed by atoms with Gasteiger partial charge in [0.2, 0.25) is 0 Å². The Labute approximate surface area is 129 Å². The third-order valence-corrected chi connectivity index (χ3v) is 3.87. The van der Waals surface area contributed by atoms with E-state index >= 15 is 0 Å². The number of halogens is 1. The fourth-order valence-electron chi connectivity index (χ4n) is 2.68. The topological polar surface area (TPSA) is 36.4 Å². The standard InChI is InChI=1S/C17H18FN3O/c1-13-5-4-7-15(19-13)17(22)21-11-9-20(10-12-21)16-8-3-2-6-14(16)18/h2-8H,9-12H2,1H3. The molecule has 2 aromatic rings. The highest BCUT2D eigenvalue weighted by Gasteiger charge is 2.24. The molecule has 0 unspecified atom stereocenters. The molecule has 22 heavy (non-hydrogen) atoms. The first-order chi connectivity index (χ1) is 10.6. The summed E-state index contributed by atoms with van der Waals surface area (Å²) in [5.74, 6) is -0.278. The molecule has 2 heterocycles. The van der Waals surface area contributed by atoms with Gasteiger partial charge in [-0.2, -0.15) is 0 Å². The summed E-state index contributed by atoms with van der Waals surface area (Å²) in [5, 5.41) is 0. The van der Waals surface area contributed by atoms with Gasteiger partial charge in [0.05, 0.1) is 5.69 Å². The second-order valence-corrected chi connectivity index (χ2v) is 5.39. The van der Waals surface area contributed by atoms with Crippen LogP contribution in [0.1, 0.15) is 16.2 Å². The van der Waals surface area contributed by atoms with Crippen LogP contribution in [-0.4, -0.2) is 42.0 Å². The summed E-state index contributed by atoms with van der Waals surface area (Å²) >= 11 is 0. The number of rotatable bonds is 2.